The van der Waals surface area contributed by atoms with Crippen LogP contribution in [0.5, 0.6) is 0 Å². The Kier molecular flexibility index (Phi) is 3.69. The summed E-state index contributed by atoms with van der Waals surface area (Å²) in [6.07, 6.45) is 5.64. The molecule has 1 aromatic heterocycles. The minimum absolute atomic E-state index is 0.242. The van der Waals surface area contributed by atoms with Crippen LogP contribution in [0.4, 0.5) is 0 Å². The number of ketones is 1. The molecule has 2 nitrogen and oxygen atoms in total. The lowest BCUT2D eigenvalue weighted by molar-refractivity contribution is 0.0568. The fourth-order valence-corrected chi connectivity index (χ4v) is 3.79. The number of carbonyl (C=O) groups excluding carboxylic acids is 1. The molecule has 1 aliphatic rings. The number of rotatable bonds is 3. The first kappa shape index (κ1) is 12.8. The third-order valence-electron chi connectivity index (χ3n) is 4.03. The highest BCUT2D eigenvalue weighted by Gasteiger charge is 2.42. The Bertz CT molecular complexity index is 402. The highest BCUT2D eigenvalue weighted by Crippen LogP contribution is 2.36. The second-order valence-electron chi connectivity index (χ2n) is 5.25. The van der Waals surface area contributed by atoms with Crippen molar-refractivity contribution in [3.8, 4) is 0 Å². The molecule has 94 valence electrons. The first-order valence-electron chi connectivity index (χ1n) is 6.34. The van der Waals surface area contributed by atoms with Crippen molar-refractivity contribution in [2.75, 3.05) is 14.1 Å². The Labute approximate surface area is 108 Å². The predicted molar refractivity (Wildman–Crippen MR) is 72.9 cm³/mol. The molecule has 0 atom stereocenters. The molecule has 0 aliphatic heterocycles. The van der Waals surface area contributed by atoms with Gasteiger partial charge < -0.3 is 0 Å². The molecule has 0 saturated heterocycles. The molecule has 0 unspecified atom stereocenters. The van der Waals surface area contributed by atoms with Crippen molar-refractivity contribution in [1.29, 1.82) is 0 Å². The second kappa shape index (κ2) is 4.91. The average Bonchev–Trinajstić information content (AvgIpc) is 2.75. The number of hydrogen-bond acceptors (Lipinski definition) is 3. The largest absolute Gasteiger partial charge is 0.297 e. The van der Waals surface area contributed by atoms with Gasteiger partial charge in [-0.05, 0) is 50.9 Å². The maximum absolute atomic E-state index is 12.8. The van der Waals surface area contributed by atoms with Gasteiger partial charge in [0.05, 0.1) is 10.4 Å². The van der Waals surface area contributed by atoms with Gasteiger partial charge in [-0.3, -0.25) is 9.69 Å². The zero-order valence-corrected chi connectivity index (χ0v) is 11.8. The zero-order valence-electron chi connectivity index (χ0n) is 11.0. The van der Waals surface area contributed by atoms with E-state index in [1.165, 1.54) is 19.3 Å². The molecule has 0 aromatic carbocycles. The Morgan fingerprint density at radius 1 is 1.29 bits per heavy atom. The average molecular weight is 251 g/mol. The van der Waals surface area contributed by atoms with Crippen LogP contribution in [0.15, 0.2) is 11.4 Å². The van der Waals surface area contributed by atoms with Crippen molar-refractivity contribution in [1.82, 2.24) is 4.90 Å². The summed E-state index contributed by atoms with van der Waals surface area (Å²) in [6.45, 7) is 2.04. The fraction of sp³-hybridized carbons (Fsp3) is 0.643. The van der Waals surface area contributed by atoms with E-state index in [-0.39, 0.29) is 5.54 Å². The maximum Gasteiger partial charge on any atom is 0.193 e. The van der Waals surface area contributed by atoms with Crippen LogP contribution in [0.25, 0.3) is 0 Å². The zero-order chi connectivity index (χ0) is 12.5. The molecular weight excluding hydrogens is 230 g/mol. The molecule has 3 heteroatoms. The highest BCUT2D eigenvalue weighted by molar-refractivity contribution is 7.12. The molecule has 17 heavy (non-hydrogen) atoms. The summed E-state index contributed by atoms with van der Waals surface area (Å²) in [4.78, 5) is 15.9. The number of carbonyl (C=O) groups is 1. The molecule has 0 N–H and O–H groups in total. The third-order valence-corrected chi connectivity index (χ3v) is 5.04. The molecule has 0 bridgehead atoms. The van der Waals surface area contributed by atoms with Crippen LogP contribution in [-0.4, -0.2) is 30.3 Å². The molecular formula is C14H21NOS. The van der Waals surface area contributed by atoms with Crippen LogP contribution in [-0.2, 0) is 0 Å². The van der Waals surface area contributed by atoms with Gasteiger partial charge in [-0.1, -0.05) is 19.3 Å². The summed E-state index contributed by atoms with van der Waals surface area (Å²) in [5.74, 6) is 0.342. The SMILES string of the molecule is Cc1ccsc1C(=O)C1(N(C)C)CCCCC1. The van der Waals surface area contributed by atoms with E-state index >= 15 is 0 Å². The van der Waals surface area contributed by atoms with E-state index in [9.17, 15) is 4.79 Å². The van der Waals surface area contributed by atoms with Crippen molar-refractivity contribution in [2.45, 2.75) is 44.6 Å². The molecule has 1 heterocycles. The third kappa shape index (κ3) is 2.18. The maximum atomic E-state index is 12.8. The lowest BCUT2D eigenvalue weighted by Gasteiger charge is -2.41. The van der Waals surface area contributed by atoms with E-state index < -0.39 is 0 Å². The number of likely N-dealkylation sites (N-methyl/N-ethyl adjacent to an activating group) is 1. The lowest BCUT2D eigenvalue weighted by atomic mass is 9.77. The van der Waals surface area contributed by atoms with E-state index in [1.807, 2.05) is 32.5 Å². The van der Waals surface area contributed by atoms with Crippen LogP contribution in [0, 0.1) is 6.92 Å². The molecule has 2 rings (SSSR count). The highest BCUT2D eigenvalue weighted by atomic mass is 32.1. The summed E-state index contributed by atoms with van der Waals surface area (Å²) in [6, 6.07) is 2.05. The van der Waals surface area contributed by atoms with Crippen molar-refractivity contribution < 1.29 is 4.79 Å². The van der Waals surface area contributed by atoms with E-state index in [1.54, 1.807) is 11.3 Å². The second-order valence-corrected chi connectivity index (χ2v) is 6.16. The summed E-state index contributed by atoms with van der Waals surface area (Å²) in [5, 5.41) is 2.02. The lowest BCUT2D eigenvalue weighted by Crippen LogP contribution is -2.52. The van der Waals surface area contributed by atoms with E-state index in [0.29, 0.717) is 5.78 Å². The number of hydrogen-bond donors (Lipinski definition) is 0. The molecule has 1 saturated carbocycles. The van der Waals surface area contributed by atoms with E-state index in [0.717, 1.165) is 23.3 Å². The number of nitrogens with zero attached hydrogens (tertiary/aromatic N) is 1. The normalized spacial score (nSPS) is 19.5. The number of aryl methyl sites for hydroxylation is 1. The Balaban J connectivity index is 2.34. The Hall–Kier alpha value is -0.670. The van der Waals surface area contributed by atoms with Gasteiger partial charge in [-0.2, -0.15) is 0 Å². The Morgan fingerprint density at radius 3 is 2.41 bits per heavy atom. The van der Waals surface area contributed by atoms with Crippen molar-refractivity contribution in [3.63, 3.8) is 0 Å². The van der Waals surface area contributed by atoms with Gasteiger partial charge in [0.25, 0.3) is 0 Å². The number of Topliss-reactive ketones (excluding diaryl/α,β-unsaturated/α-hetero) is 1. The van der Waals surface area contributed by atoms with Crippen molar-refractivity contribution >= 4 is 17.1 Å². The molecule has 1 aliphatic carbocycles. The van der Waals surface area contributed by atoms with Gasteiger partial charge in [-0.25, -0.2) is 0 Å². The standard InChI is InChI=1S/C14H21NOS/c1-11-7-10-17-12(11)13(16)14(15(2)3)8-5-4-6-9-14/h7,10H,4-6,8-9H2,1-3H3. The molecule has 0 amide bonds. The fourth-order valence-electron chi connectivity index (χ4n) is 2.83. The van der Waals surface area contributed by atoms with Crippen molar-refractivity contribution in [3.05, 3.63) is 21.9 Å². The van der Waals surface area contributed by atoms with E-state index in [2.05, 4.69) is 4.90 Å². The van der Waals surface area contributed by atoms with Gasteiger partial charge in [0.15, 0.2) is 5.78 Å². The van der Waals surface area contributed by atoms with Crippen LogP contribution >= 0.6 is 11.3 Å². The van der Waals surface area contributed by atoms with E-state index in [4.69, 9.17) is 0 Å². The minimum atomic E-state index is -0.242. The summed E-state index contributed by atoms with van der Waals surface area (Å²) < 4.78 is 0. The van der Waals surface area contributed by atoms with Crippen LogP contribution in [0.1, 0.15) is 47.3 Å². The van der Waals surface area contributed by atoms with Crippen LogP contribution in [0.3, 0.4) is 0 Å². The van der Waals surface area contributed by atoms with Gasteiger partial charge >= 0.3 is 0 Å². The predicted octanol–water partition coefficient (Wildman–Crippen LogP) is 3.50. The van der Waals surface area contributed by atoms with Gasteiger partial charge in [0.1, 0.15) is 0 Å². The Morgan fingerprint density at radius 2 is 1.94 bits per heavy atom. The van der Waals surface area contributed by atoms with Gasteiger partial charge in [0, 0.05) is 0 Å². The first-order valence-corrected chi connectivity index (χ1v) is 7.22. The molecule has 0 spiro atoms. The smallest absolute Gasteiger partial charge is 0.193 e. The van der Waals surface area contributed by atoms with Crippen LogP contribution in [0.2, 0.25) is 0 Å². The topological polar surface area (TPSA) is 20.3 Å². The van der Waals surface area contributed by atoms with Gasteiger partial charge in [0.2, 0.25) is 0 Å². The number of thiophene rings is 1. The monoisotopic (exact) mass is 251 g/mol. The first-order chi connectivity index (χ1) is 8.08. The van der Waals surface area contributed by atoms with Crippen molar-refractivity contribution in [2.24, 2.45) is 0 Å². The van der Waals surface area contributed by atoms with Gasteiger partial charge in [-0.15, -0.1) is 11.3 Å². The summed E-state index contributed by atoms with van der Waals surface area (Å²) >= 11 is 1.59. The molecule has 1 fully saturated rings. The molecule has 1 aromatic rings. The summed E-state index contributed by atoms with van der Waals surface area (Å²) in [7, 11) is 4.10. The quantitative estimate of drug-likeness (QED) is 0.766. The van der Waals surface area contributed by atoms with Crippen LogP contribution < -0.4 is 0 Å². The summed E-state index contributed by atoms with van der Waals surface area (Å²) in [5.41, 5.74) is 0.889. The minimum Gasteiger partial charge on any atom is -0.297 e. The molecule has 0 radical (unpaired) electrons.